The number of carbonyl (C=O) groups excluding carboxylic acids is 1. The summed E-state index contributed by atoms with van der Waals surface area (Å²) in [7, 11) is 0. The van der Waals surface area contributed by atoms with Gasteiger partial charge in [0.1, 0.15) is 11.5 Å². The zero-order valence-corrected chi connectivity index (χ0v) is 19.7. The summed E-state index contributed by atoms with van der Waals surface area (Å²) in [5.74, 6) is 0.517. The third-order valence-electron chi connectivity index (χ3n) is 3.92. The standard InChI is InChI=1S/C21H25F3N4O3.HI/c1-2-25-20(27-12-11-26-19(30)16-5-7-17(29)8-6-16)28-13-15-3-9-18(10-4-15)31-14-21(22,23)24;/h3-10,29H,2,11-14H2,1H3,(H,26,30)(H2,25,27,28);1H. The van der Waals surface area contributed by atoms with Crippen LogP contribution in [0.25, 0.3) is 0 Å². The molecule has 0 saturated carbocycles. The SMILES string of the molecule is CCNC(=NCc1ccc(OCC(F)(F)F)cc1)NCCNC(=O)c1ccc(O)cc1.I. The number of hydrogen-bond acceptors (Lipinski definition) is 4. The van der Waals surface area contributed by atoms with Crippen molar-refractivity contribution in [2.24, 2.45) is 4.99 Å². The lowest BCUT2D eigenvalue weighted by Crippen LogP contribution is -2.41. The van der Waals surface area contributed by atoms with Crippen LogP contribution in [0.5, 0.6) is 11.5 Å². The molecule has 0 aliphatic rings. The average molecular weight is 566 g/mol. The van der Waals surface area contributed by atoms with Crippen LogP contribution in [0.3, 0.4) is 0 Å². The molecule has 32 heavy (non-hydrogen) atoms. The average Bonchev–Trinajstić information content (AvgIpc) is 2.74. The van der Waals surface area contributed by atoms with E-state index in [1.54, 1.807) is 12.1 Å². The predicted octanol–water partition coefficient (Wildman–Crippen LogP) is 3.44. The molecular formula is C21H26F3IN4O3. The van der Waals surface area contributed by atoms with E-state index >= 15 is 0 Å². The minimum Gasteiger partial charge on any atom is -0.508 e. The summed E-state index contributed by atoms with van der Waals surface area (Å²) in [4.78, 5) is 16.4. The fraction of sp³-hybridized carbons (Fsp3) is 0.333. The molecule has 0 unspecified atom stereocenters. The highest BCUT2D eigenvalue weighted by molar-refractivity contribution is 14.0. The van der Waals surface area contributed by atoms with Crippen molar-refractivity contribution in [3.63, 3.8) is 0 Å². The number of aromatic hydroxyl groups is 1. The van der Waals surface area contributed by atoms with Crippen molar-refractivity contribution in [3.05, 3.63) is 59.7 Å². The number of rotatable bonds is 9. The first-order valence-electron chi connectivity index (χ1n) is 9.64. The lowest BCUT2D eigenvalue weighted by molar-refractivity contribution is -0.153. The minimum atomic E-state index is -4.38. The normalized spacial score (nSPS) is 11.3. The summed E-state index contributed by atoms with van der Waals surface area (Å²) in [6, 6.07) is 12.2. The van der Waals surface area contributed by atoms with Crippen LogP contribution in [0.4, 0.5) is 13.2 Å². The number of aliphatic imine (C=N–C) groups is 1. The monoisotopic (exact) mass is 566 g/mol. The van der Waals surface area contributed by atoms with Crippen LogP contribution < -0.4 is 20.7 Å². The summed E-state index contributed by atoms with van der Waals surface area (Å²) in [5, 5.41) is 18.2. The first kappa shape index (κ1) is 27.3. The zero-order valence-electron chi connectivity index (χ0n) is 17.4. The summed E-state index contributed by atoms with van der Waals surface area (Å²) in [6.45, 7) is 2.32. The molecule has 0 heterocycles. The molecular weight excluding hydrogens is 540 g/mol. The van der Waals surface area contributed by atoms with Gasteiger partial charge in [0.15, 0.2) is 12.6 Å². The third-order valence-corrected chi connectivity index (χ3v) is 3.92. The van der Waals surface area contributed by atoms with Gasteiger partial charge in [0.25, 0.3) is 5.91 Å². The van der Waals surface area contributed by atoms with Crippen LogP contribution in [-0.2, 0) is 6.54 Å². The number of nitrogens with one attached hydrogen (secondary N) is 3. The van der Waals surface area contributed by atoms with Gasteiger partial charge in [-0.3, -0.25) is 4.79 Å². The molecule has 2 rings (SSSR count). The summed E-state index contributed by atoms with van der Waals surface area (Å²) in [5.41, 5.74) is 1.25. The Kier molecular flexibility index (Phi) is 11.7. The Morgan fingerprint density at radius 2 is 1.62 bits per heavy atom. The van der Waals surface area contributed by atoms with E-state index in [4.69, 9.17) is 0 Å². The molecule has 1 amide bonds. The van der Waals surface area contributed by atoms with E-state index in [0.717, 1.165) is 5.56 Å². The molecule has 0 atom stereocenters. The second-order valence-corrected chi connectivity index (χ2v) is 6.47. The molecule has 0 aliphatic heterocycles. The molecule has 0 fully saturated rings. The van der Waals surface area contributed by atoms with Crippen LogP contribution in [0.15, 0.2) is 53.5 Å². The minimum absolute atomic E-state index is 0. The summed E-state index contributed by atoms with van der Waals surface area (Å²) < 4.78 is 41.2. The molecule has 7 nitrogen and oxygen atoms in total. The number of halogens is 4. The van der Waals surface area contributed by atoms with Crippen molar-refractivity contribution in [1.82, 2.24) is 16.0 Å². The highest BCUT2D eigenvalue weighted by Gasteiger charge is 2.28. The van der Waals surface area contributed by atoms with E-state index in [0.29, 0.717) is 37.7 Å². The summed E-state index contributed by atoms with van der Waals surface area (Å²) in [6.07, 6.45) is -4.38. The Morgan fingerprint density at radius 1 is 1.00 bits per heavy atom. The highest BCUT2D eigenvalue weighted by atomic mass is 127. The first-order valence-corrected chi connectivity index (χ1v) is 9.64. The van der Waals surface area contributed by atoms with Crippen molar-refractivity contribution in [2.45, 2.75) is 19.6 Å². The van der Waals surface area contributed by atoms with Gasteiger partial charge in [0.2, 0.25) is 0 Å². The summed E-state index contributed by atoms with van der Waals surface area (Å²) >= 11 is 0. The van der Waals surface area contributed by atoms with E-state index in [1.807, 2.05) is 6.92 Å². The smallest absolute Gasteiger partial charge is 0.422 e. The Labute approximate surface area is 201 Å². The van der Waals surface area contributed by atoms with Gasteiger partial charge < -0.3 is 25.8 Å². The van der Waals surface area contributed by atoms with E-state index in [-0.39, 0.29) is 41.4 Å². The quantitative estimate of drug-likeness (QED) is 0.162. The van der Waals surface area contributed by atoms with Crippen LogP contribution >= 0.6 is 24.0 Å². The van der Waals surface area contributed by atoms with E-state index in [9.17, 15) is 23.1 Å². The Morgan fingerprint density at radius 3 is 2.22 bits per heavy atom. The molecule has 0 spiro atoms. The van der Waals surface area contributed by atoms with Gasteiger partial charge in [-0.05, 0) is 48.9 Å². The van der Waals surface area contributed by atoms with E-state index in [1.165, 1.54) is 36.4 Å². The molecule has 176 valence electrons. The molecule has 0 radical (unpaired) electrons. The van der Waals surface area contributed by atoms with Crippen LogP contribution in [0.2, 0.25) is 0 Å². The number of guanidine groups is 1. The van der Waals surface area contributed by atoms with Gasteiger partial charge in [0.05, 0.1) is 6.54 Å². The van der Waals surface area contributed by atoms with E-state index < -0.39 is 12.8 Å². The fourth-order valence-corrected chi connectivity index (χ4v) is 2.44. The van der Waals surface area contributed by atoms with E-state index in [2.05, 4.69) is 25.7 Å². The third kappa shape index (κ3) is 10.6. The van der Waals surface area contributed by atoms with Crippen LogP contribution in [0, 0.1) is 0 Å². The Balaban J connectivity index is 0.00000512. The number of hydrogen-bond donors (Lipinski definition) is 4. The van der Waals surface area contributed by atoms with Crippen molar-refractivity contribution in [3.8, 4) is 11.5 Å². The van der Waals surface area contributed by atoms with Crippen LogP contribution in [-0.4, -0.2) is 49.4 Å². The lowest BCUT2D eigenvalue weighted by atomic mass is 10.2. The van der Waals surface area contributed by atoms with Crippen molar-refractivity contribution in [2.75, 3.05) is 26.2 Å². The molecule has 2 aromatic rings. The molecule has 0 bridgehead atoms. The topological polar surface area (TPSA) is 95.0 Å². The van der Waals surface area contributed by atoms with Crippen molar-refractivity contribution in [1.29, 1.82) is 0 Å². The van der Waals surface area contributed by atoms with Gasteiger partial charge in [-0.2, -0.15) is 13.2 Å². The molecule has 4 N–H and O–H groups in total. The number of carbonyl (C=O) groups is 1. The predicted molar refractivity (Wildman–Crippen MR) is 127 cm³/mol. The number of nitrogens with zero attached hydrogens (tertiary/aromatic N) is 1. The van der Waals surface area contributed by atoms with Gasteiger partial charge >= 0.3 is 6.18 Å². The maximum Gasteiger partial charge on any atom is 0.422 e. The number of amides is 1. The molecule has 0 aliphatic carbocycles. The Hall–Kier alpha value is -2.70. The molecule has 0 saturated heterocycles. The number of alkyl halides is 3. The molecule has 0 aromatic heterocycles. The molecule has 11 heteroatoms. The zero-order chi connectivity index (χ0) is 22.7. The second kappa shape index (κ2) is 13.7. The largest absolute Gasteiger partial charge is 0.508 e. The van der Waals surface area contributed by atoms with Crippen molar-refractivity contribution >= 4 is 35.8 Å². The maximum atomic E-state index is 12.2. The second-order valence-electron chi connectivity index (χ2n) is 6.47. The fourth-order valence-electron chi connectivity index (χ4n) is 2.44. The number of ether oxygens (including phenoxy) is 1. The number of phenols is 1. The highest BCUT2D eigenvalue weighted by Crippen LogP contribution is 2.19. The van der Waals surface area contributed by atoms with Gasteiger partial charge in [-0.25, -0.2) is 4.99 Å². The van der Waals surface area contributed by atoms with Gasteiger partial charge in [0, 0.05) is 25.2 Å². The van der Waals surface area contributed by atoms with Gasteiger partial charge in [-0.15, -0.1) is 24.0 Å². The number of phenolic OH excluding ortho intramolecular Hbond substituents is 1. The Bertz CT molecular complexity index is 860. The lowest BCUT2D eigenvalue weighted by Gasteiger charge is -2.12. The molecule has 2 aromatic carbocycles. The van der Waals surface area contributed by atoms with Gasteiger partial charge in [-0.1, -0.05) is 12.1 Å². The first-order chi connectivity index (χ1) is 14.8. The van der Waals surface area contributed by atoms with Crippen LogP contribution in [0.1, 0.15) is 22.8 Å². The van der Waals surface area contributed by atoms with Crippen molar-refractivity contribution < 1.29 is 27.8 Å². The number of benzene rings is 2. The maximum absolute atomic E-state index is 12.2.